The SMILES string of the molecule is CC(O)(CNC(=O)NC1CCCN(c2ccccc2)C1)c1ccco1. The van der Waals surface area contributed by atoms with Crippen LogP contribution < -0.4 is 15.5 Å². The van der Waals surface area contributed by atoms with Crippen LogP contribution in [0, 0.1) is 0 Å². The van der Waals surface area contributed by atoms with Crippen LogP contribution in [0.2, 0.25) is 0 Å². The number of urea groups is 1. The lowest BCUT2D eigenvalue weighted by Gasteiger charge is -2.35. The van der Waals surface area contributed by atoms with Crippen LogP contribution in [0.15, 0.2) is 53.1 Å². The third kappa shape index (κ3) is 4.54. The molecule has 2 unspecified atom stereocenters. The van der Waals surface area contributed by atoms with Crippen LogP contribution in [0.4, 0.5) is 10.5 Å². The van der Waals surface area contributed by atoms with E-state index in [1.54, 1.807) is 19.1 Å². The Bertz CT molecular complexity index is 670. The lowest BCUT2D eigenvalue weighted by molar-refractivity contribution is 0.0366. The molecule has 0 spiro atoms. The molecule has 0 aliphatic carbocycles. The zero-order valence-electron chi connectivity index (χ0n) is 14.4. The van der Waals surface area contributed by atoms with Crippen molar-refractivity contribution in [1.82, 2.24) is 10.6 Å². The lowest BCUT2D eigenvalue weighted by Crippen LogP contribution is -2.52. The molecular formula is C19H25N3O3. The van der Waals surface area contributed by atoms with Crippen LogP contribution in [0.1, 0.15) is 25.5 Å². The molecular weight excluding hydrogens is 318 g/mol. The Morgan fingerprint density at radius 1 is 1.32 bits per heavy atom. The fourth-order valence-corrected chi connectivity index (χ4v) is 3.13. The van der Waals surface area contributed by atoms with Gasteiger partial charge < -0.3 is 25.1 Å². The monoisotopic (exact) mass is 343 g/mol. The summed E-state index contributed by atoms with van der Waals surface area (Å²) >= 11 is 0. The van der Waals surface area contributed by atoms with Crippen molar-refractivity contribution >= 4 is 11.7 Å². The molecule has 6 heteroatoms. The van der Waals surface area contributed by atoms with Crippen molar-refractivity contribution in [1.29, 1.82) is 0 Å². The molecule has 3 N–H and O–H groups in total. The van der Waals surface area contributed by atoms with Gasteiger partial charge >= 0.3 is 6.03 Å². The predicted molar refractivity (Wildman–Crippen MR) is 96.5 cm³/mol. The van der Waals surface area contributed by atoms with E-state index in [0.29, 0.717) is 5.76 Å². The third-order valence-corrected chi connectivity index (χ3v) is 4.52. The second-order valence-electron chi connectivity index (χ2n) is 6.70. The van der Waals surface area contributed by atoms with E-state index in [4.69, 9.17) is 4.42 Å². The number of carbonyl (C=O) groups is 1. The average Bonchev–Trinajstić information content (AvgIpc) is 3.17. The second kappa shape index (κ2) is 7.61. The Morgan fingerprint density at radius 3 is 2.84 bits per heavy atom. The molecule has 2 atom stereocenters. The molecule has 2 aromatic rings. The number of nitrogens with one attached hydrogen (secondary N) is 2. The largest absolute Gasteiger partial charge is 0.466 e. The molecule has 1 fully saturated rings. The number of aliphatic hydroxyl groups is 1. The minimum atomic E-state index is -1.23. The lowest BCUT2D eigenvalue weighted by atomic mass is 10.0. The summed E-state index contributed by atoms with van der Waals surface area (Å²) in [5.74, 6) is 0.431. The molecule has 25 heavy (non-hydrogen) atoms. The summed E-state index contributed by atoms with van der Waals surface area (Å²) in [6, 6.07) is 13.4. The summed E-state index contributed by atoms with van der Waals surface area (Å²) < 4.78 is 5.22. The first-order valence-electron chi connectivity index (χ1n) is 8.65. The molecule has 0 saturated carbocycles. The van der Waals surface area contributed by atoms with Gasteiger partial charge in [0.05, 0.1) is 12.8 Å². The number of hydrogen-bond acceptors (Lipinski definition) is 4. The van der Waals surface area contributed by atoms with Gasteiger partial charge in [0, 0.05) is 24.8 Å². The summed E-state index contributed by atoms with van der Waals surface area (Å²) in [6.45, 7) is 3.48. The highest BCUT2D eigenvalue weighted by Gasteiger charge is 2.27. The van der Waals surface area contributed by atoms with E-state index >= 15 is 0 Å². The van der Waals surface area contributed by atoms with E-state index in [1.165, 1.54) is 12.0 Å². The maximum absolute atomic E-state index is 12.2. The summed E-state index contributed by atoms with van der Waals surface area (Å²) in [7, 11) is 0. The van der Waals surface area contributed by atoms with E-state index < -0.39 is 5.60 Å². The van der Waals surface area contributed by atoms with Gasteiger partial charge in [-0.15, -0.1) is 0 Å². The van der Waals surface area contributed by atoms with Gasteiger partial charge in [-0.1, -0.05) is 18.2 Å². The van der Waals surface area contributed by atoms with Crippen LogP contribution in [0.3, 0.4) is 0 Å². The van der Waals surface area contributed by atoms with Gasteiger partial charge in [0.1, 0.15) is 11.4 Å². The van der Waals surface area contributed by atoms with Crippen molar-refractivity contribution in [2.24, 2.45) is 0 Å². The van der Waals surface area contributed by atoms with Gasteiger partial charge in [0.15, 0.2) is 0 Å². The fourth-order valence-electron chi connectivity index (χ4n) is 3.13. The molecule has 2 heterocycles. The Hall–Kier alpha value is -2.47. The highest BCUT2D eigenvalue weighted by atomic mass is 16.4. The molecule has 134 valence electrons. The van der Waals surface area contributed by atoms with Crippen LogP contribution in [-0.2, 0) is 5.60 Å². The number of para-hydroxylation sites is 1. The molecule has 3 rings (SSSR count). The van der Waals surface area contributed by atoms with Crippen molar-refractivity contribution in [2.75, 3.05) is 24.5 Å². The smallest absolute Gasteiger partial charge is 0.315 e. The Morgan fingerprint density at radius 2 is 2.12 bits per heavy atom. The minimum absolute atomic E-state index is 0.0848. The van der Waals surface area contributed by atoms with Gasteiger partial charge in [0.25, 0.3) is 0 Å². The highest BCUT2D eigenvalue weighted by Crippen LogP contribution is 2.20. The van der Waals surface area contributed by atoms with Gasteiger partial charge in [0.2, 0.25) is 0 Å². The number of amides is 2. The molecule has 1 aromatic heterocycles. The standard InChI is InChI=1S/C19H25N3O3/c1-19(24,17-10-6-12-25-17)14-20-18(23)21-15-7-5-11-22(13-15)16-8-3-2-4-9-16/h2-4,6,8-10,12,15,24H,5,7,11,13-14H2,1H3,(H2,20,21,23). The van der Waals surface area contributed by atoms with Gasteiger partial charge in [-0.05, 0) is 44.0 Å². The fraction of sp³-hybridized carbons (Fsp3) is 0.421. The zero-order valence-corrected chi connectivity index (χ0v) is 14.4. The zero-order chi connectivity index (χ0) is 17.7. The molecule has 6 nitrogen and oxygen atoms in total. The van der Waals surface area contributed by atoms with E-state index in [-0.39, 0.29) is 18.6 Å². The van der Waals surface area contributed by atoms with E-state index in [1.807, 2.05) is 18.2 Å². The number of anilines is 1. The summed E-state index contributed by atoms with van der Waals surface area (Å²) in [5, 5.41) is 16.1. The van der Waals surface area contributed by atoms with Crippen LogP contribution in [0.25, 0.3) is 0 Å². The average molecular weight is 343 g/mol. The topological polar surface area (TPSA) is 77.7 Å². The summed E-state index contributed by atoms with van der Waals surface area (Å²) in [5.41, 5.74) is -0.0566. The summed E-state index contributed by atoms with van der Waals surface area (Å²) in [6.07, 6.45) is 3.49. The number of furan rings is 1. The maximum atomic E-state index is 12.2. The normalized spacial score (nSPS) is 19.9. The molecule has 1 aliphatic rings. The van der Waals surface area contributed by atoms with Crippen LogP contribution in [-0.4, -0.2) is 36.8 Å². The van der Waals surface area contributed by atoms with Crippen molar-refractivity contribution in [2.45, 2.75) is 31.4 Å². The van der Waals surface area contributed by atoms with E-state index in [9.17, 15) is 9.90 Å². The molecule has 0 bridgehead atoms. The minimum Gasteiger partial charge on any atom is -0.466 e. The quantitative estimate of drug-likeness (QED) is 0.779. The number of rotatable bonds is 5. The van der Waals surface area contributed by atoms with Gasteiger partial charge in [-0.2, -0.15) is 0 Å². The van der Waals surface area contributed by atoms with Gasteiger partial charge in [-0.3, -0.25) is 0 Å². The first kappa shape index (κ1) is 17.4. The van der Waals surface area contributed by atoms with Crippen LogP contribution >= 0.6 is 0 Å². The summed E-state index contributed by atoms with van der Waals surface area (Å²) in [4.78, 5) is 14.5. The molecule has 1 aliphatic heterocycles. The Balaban J connectivity index is 1.49. The van der Waals surface area contributed by atoms with E-state index in [2.05, 4.69) is 27.7 Å². The molecule has 1 saturated heterocycles. The number of hydrogen-bond donors (Lipinski definition) is 3. The first-order valence-corrected chi connectivity index (χ1v) is 8.65. The van der Waals surface area contributed by atoms with E-state index in [0.717, 1.165) is 25.9 Å². The Labute approximate surface area is 147 Å². The van der Waals surface area contributed by atoms with Crippen molar-refractivity contribution in [3.63, 3.8) is 0 Å². The number of nitrogens with zero attached hydrogens (tertiary/aromatic N) is 1. The molecule has 2 amide bonds. The van der Waals surface area contributed by atoms with Gasteiger partial charge in [-0.25, -0.2) is 4.79 Å². The maximum Gasteiger partial charge on any atom is 0.315 e. The molecule has 1 aromatic carbocycles. The third-order valence-electron chi connectivity index (χ3n) is 4.52. The van der Waals surface area contributed by atoms with Crippen LogP contribution in [0.5, 0.6) is 0 Å². The molecule has 0 radical (unpaired) electrons. The van der Waals surface area contributed by atoms with Crippen molar-refractivity contribution in [3.05, 3.63) is 54.5 Å². The second-order valence-corrected chi connectivity index (χ2v) is 6.70. The van der Waals surface area contributed by atoms with Crippen molar-refractivity contribution < 1.29 is 14.3 Å². The van der Waals surface area contributed by atoms with Crippen molar-refractivity contribution in [3.8, 4) is 0 Å². The Kier molecular flexibility index (Phi) is 5.28. The number of piperidine rings is 1. The highest BCUT2D eigenvalue weighted by molar-refractivity contribution is 5.74. The predicted octanol–water partition coefficient (Wildman–Crippen LogP) is 2.46. The number of benzene rings is 1. The number of carbonyl (C=O) groups excluding carboxylic acids is 1. The first-order chi connectivity index (χ1) is 12.0.